The Balaban J connectivity index is 0.000000385. The lowest BCUT2D eigenvalue weighted by atomic mass is 10.1. The number of hydrogen-bond donors (Lipinski definition) is 1. The van der Waals surface area contributed by atoms with Gasteiger partial charge in [-0.3, -0.25) is 19.3 Å². The van der Waals surface area contributed by atoms with Crippen molar-refractivity contribution in [2.24, 2.45) is 5.92 Å². The first kappa shape index (κ1) is 33.8. The van der Waals surface area contributed by atoms with E-state index in [2.05, 4.69) is 15.0 Å². The van der Waals surface area contributed by atoms with Gasteiger partial charge in [0.15, 0.2) is 6.61 Å². The van der Waals surface area contributed by atoms with Gasteiger partial charge in [-0.05, 0) is 66.9 Å². The summed E-state index contributed by atoms with van der Waals surface area (Å²) in [4.78, 5) is 42.1. The molecule has 12 heteroatoms. The summed E-state index contributed by atoms with van der Waals surface area (Å²) >= 11 is 0. The molecule has 0 unspecified atom stereocenters. The summed E-state index contributed by atoms with van der Waals surface area (Å²) < 4.78 is 21.2. The van der Waals surface area contributed by atoms with Gasteiger partial charge in [0.25, 0.3) is 5.89 Å². The summed E-state index contributed by atoms with van der Waals surface area (Å²) in [5, 5.41) is 13.0. The highest BCUT2D eigenvalue weighted by molar-refractivity contribution is 5.76. The van der Waals surface area contributed by atoms with E-state index in [9.17, 15) is 14.4 Å². The zero-order valence-electron chi connectivity index (χ0n) is 25.2. The van der Waals surface area contributed by atoms with E-state index in [0.29, 0.717) is 28.8 Å². The van der Waals surface area contributed by atoms with Crippen LogP contribution in [-0.4, -0.2) is 58.4 Å². The molecule has 0 bridgehead atoms. The van der Waals surface area contributed by atoms with Crippen LogP contribution in [0.4, 0.5) is 4.79 Å². The van der Waals surface area contributed by atoms with Gasteiger partial charge in [0.2, 0.25) is 5.82 Å². The highest BCUT2D eigenvalue weighted by Crippen LogP contribution is 2.19. The van der Waals surface area contributed by atoms with E-state index in [0.717, 1.165) is 27.9 Å². The smallest absolute Gasteiger partial charge is 0.410 e. The quantitative estimate of drug-likeness (QED) is 0.139. The topological polar surface area (TPSA) is 146 Å². The van der Waals surface area contributed by atoms with Gasteiger partial charge in [0.1, 0.15) is 24.3 Å². The fourth-order valence-electron chi connectivity index (χ4n) is 3.61. The fourth-order valence-corrected chi connectivity index (χ4v) is 3.61. The van der Waals surface area contributed by atoms with Crippen molar-refractivity contribution in [3.8, 4) is 23.0 Å². The first-order chi connectivity index (χ1) is 21.7. The Bertz CT molecular complexity index is 1560. The van der Waals surface area contributed by atoms with E-state index in [1.807, 2.05) is 45.0 Å². The summed E-state index contributed by atoms with van der Waals surface area (Å²) in [6, 6.07) is 21.4. The Labute approximate surface area is 261 Å². The zero-order valence-corrected chi connectivity index (χ0v) is 25.2. The molecular formula is C33H34N4O8. The molecular weight excluding hydrogens is 580 g/mol. The number of hydrogen-bond acceptors (Lipinski definition) is 9. The Hall–Kier alpha value is -5.70. The van der Waals surface area contributed by atoms with Crippen LogP contribution in [0.5, 0.6) is 11.5 Å². The van der Waals surface area contributed by atoms with Gasteiger partial charge >= 0.3 is 18.8 Å². The number of aliphatic carboxylic acids is 1. The predicted octanol–water partition coefficient (Wildman–Crippen LogP) is 6.06. The molecule has 0 spiro atoms. The third-order valence-corrected chi connectivity index (χ3v) is 5.87. The molecule has 45 heavy (non-hydrogen) atoms. The predicted molar refractivity (Wildman–Crippen MR) is 163 cm³/mol. The molecule has 0 atom stereocenters. The lowest BCUT2D eigenvalue weighted by Crippen LogP contribution is -2.36. The molecule has 0 aliphatic heterocycles. The number of carboxylic acid groups (broad SMARTS) is 1. The number of ether oxygens (including phenoxy) is 3. The van der Waals surface area contributed by atoms with Crippen LogP contribution >= 0.6 is 0 Å². The number of carboxylic acids is 1. The fraction of sp³-hybridized carbons (Fsp3) is 0.273. The number of carbonyl (C=O) groups is 3. The monoisotopic (exact) mass is 614 g/mol. The van der Waals surface area contributed by atoms with Gasteiger partial charge in [0.05, 0.1) is 6.61 Å². The molecule has 0 aliphatic carbocycles. The number of nitrogens with zero attached hydrogens (tertiary/aromatic N) is 4. The van der Waals surface area contributed by atoms with Crippen molar-refractivity contribution in [1.29, 1.82) is 0 Å². The molecule has 4 aromatic rings. The molecule has 0 aliphatic rings. The van der Waals surface area contributed by atoms with Gasteiger partial charge < -0.3 is 23.8 Å². The van der Waals surface area contributed by atoms with E-state index in [4.69, 9.17) is 30.4 Å². The van der Waals surface area contributed by atoms with Gasteiger partial charge in [0, 0.05) is 17.7 Å². The van der Waals surface area contributed by atoms with E-state index in [1.54, 1.807) is 48.5 Å². The number of aromatic nitrogens is 2. The van der Waals surface area contributed by atoms with Crippen LogP contribution in [0, 0.1) is 19.4 Å². The van der Waals surface area contributed by atoms with Crippen molar-refractivity contribution in [3.05, 3.63) is 107 Å². The van der Waals surface area contributed by atoms with Gasteiger partial charge in [-0.15, -0.1) is 0 Å². The molecule has 12 nitrogen and oxygen atoms in total. The maximum atomic E-state index is 12.2. The summed E-state index contributed by atoms with van der Waals surface area (Å²) in [7, 11) is 0. The molecule has 1 N–H and O–H groups in total. The van der Waals surface area contributed by atoms with Crippen molar-refractivity contribution in [2.75, 3.05) is 19.9 Å². The Morgan fingerprint density at radius 3 is 2.24 bits per heavy atom. The average molecular weight is 615 g/mol. The largest absolute Gasteiger partial charge is 0.485 e. The van der Waals surface area contributed by atoms with E-state index >= 15 is 0 Å². The van der Waals surface area contributed by atoms with Crippen LogP contribution in [-0.2, 0) is 22.7 Å². The van der Waals surface area contributed by atoms with Crippen LogP contribution in [0.15, 0.2) is 77.3 Å². The number of aldehydes is 1. The van der Waals surface area contributed by atoms with Gasteiger partial charge in [-0.1, -0.05) is 48.8 Å². The third kappa shape index (κ3) is 11.8. The van der Waals surface area contributed by atoms with E-state index in [1.165, 1.54) is 0 Å². The second kappa shape index (κ2) is 17.4. The average Bonchev–Trinajstić information content (AvgIpc) is 3.51. The van der Waals surface area contributed by atoms with Crippen molar-refractivity contribution in [1.82, 2.24) is 15.0 Å². The van der Waals surface area contributed by atoms with E-state index < -0.39 is 18.6 Å². The molecule has 1 aromatic heterocycles. The van der Waals surface area contributed by atoms with Crippen LogP contribution < -0.4 is 9.47 Å². The number of aryl methyl sites for hydroxylation is 1. The second-order valence-electron chi connectivity index (χ2n) is 10.2. The highest BCUT2D eigenvalue weighted by Gasteiger charge is 2.19. The number of amides is 1. The molecule has 0 fully saturated rings. The number of rotatable bonds is 13. The molecule has 3 aromatic carbocycles. The first-order valence-electron chi connectivity index (χ1n) is 13.9. The van der Waals surface area contributed by atoms with Crippen molar-refractivity contribution < 1.29 is 38.2 Å². The van der Waals surface area contributed by atoms with Crippen LogP contribution in [0.2, 0.25) is 0 Å². The summed E-state index contributed by atoms with van der Waals surface area (Å²) in [5.41, 5.74) is 3.32. The molecule has 0 radical (unpaired) electrons. The van der Waals surface area contributed by atoms with Crippen LogP contribution in [0.3, 0.4) is 0 Å². The standard InChI is InChI=1S/C24H27N3O6.C9H7NO2/c1-16(2)14-32-24(30)27(13-22(28)29)12-18-6-10-20(11-7-18)31-15-21-25-23(33-26-21)19-8-4-17(3)5-9-19;1-10-7-12-9-4-2-8(6-11)3-5-9/h4-11,16H,12-15H2,1-3H3,(H,28,29);2-6H,7H2. The maximum Gasteiger partial charge on any atom is 0.410 e. The minimum atomic E-state index is -1.11. The summed E-state index contributed by atoms with van der Waals surface area (Å²) in [6.45, 7) is 12.3. The highest BCUT2D eigenvalue weighted by atomic mass is 16.6. The zero-order chi connectivity index (χ0) is 32.6. The second-order valence-corrected chi connectivity index (χ2v) is 10.2. The Morgan fingerprint density at radius 1 is 1.00 bits per heavy atom. The maximum absolute atomic E-state index is 12.2. The molecule has 0 saturated heterocycles. The summed E-state index contributed by atoms with van der Waals surface area (Å²) in [5.74, 6) is 1.07. The van der Waals surface area contributed by atoms with Crippen LogP contribution in [0.25, 0.3) is 16.3 Å². The molecule has 1 heterocycles. The van der Waals surface area contributed by atoms with Crippen molar-refractivity contribution in [3.63, 3.8) is 0 Å². The molecule has 234 valence electrons. The minimum Gasteiger partial charge on any atom is -0.485 e. The van der Waals surface area contributed by atoms with Crippen molar-refractivity contribution in [2.45, 2.75) is 33.9 Å². The van der Waals surface area contributed by atoms with Crippen LogP contribution in [0.1, 0.15) is 41.2 Å². The van der Waals surface area contributed by atoms with Gasteiger partial charge in [-0.2, -0.15) is 4.98 Å². The number of carbonyl (C=O) groups excluding carboxylic acids is 2. The minimum absolute atomic E-state index is 0.0143. The first-order valence-corrected chi connectivity index (χ1v) is 13.9. The molecule has 0 saturated carbocycles. The molecule has 4 rings (SSSR count). The third-order valence-electron chi connectivity index (χ3n) is 5.87. The Morgan fingerprint density at radius 2 is 1.64 bits per heavy atom. The molecule has 1 amide bonds. The Kier molecular flexibility index (Phi) is 13.1. The van der Waals surface area contributed by atoms with E-state index in [-0.39, 0.29) is 32.4 Å². The normalized spacial score (nSPS) is 10.2. The lowest BCUT2D eigenvalue weighted by Gasteiger charge is -2.21. The van der Waals surface area contributed by atoms with Crippen molar-refractivity contribution >= 4 is 18.3 Å². The SMILES string of the molecule is Cc1ccc(-c2nc(COc3ccc(CN(CC(=O)O)C(=O)OCC(C)C)cc3)no2)cc1.[C-]#[N+]COc1ccc(C=O)cc1. The van der Waals surface area contributed by atoms with Gasteiger partial charge in [-0.25, -0.2) is 11.4 Å². The summed E-state index contributed by atoms with van der Waals surface area (Å²) in [6.07, 6.45) is 0.103. The number of benzene rings is 3. The lowest BCUT2D eigenvalue weighted by molar-refractivity contribution is -0.138.